The first kappa shape index (κ1) is 17.6. The van der Waals surface area contributed by atoms with Crippen molar-refractivity contribution in [2.45, 2.75) is 44.1 Å². The van der Waals surface area contributed by atoms with Gasteiger partial charge >= 0.3 is 0 Å². The molecule has 2 heterocycles. The third kappa shape index (κ3) is 4.88. The molecule has 2 aliphatic heterocycles. The molecule has 2 fully saturated rings. The fraction of sp³-hybridized carbons (Fsp3) is 0.923. The van der Waals surface area contributed by atoms with Crippen molar-refractivity contribution in [3.05, 3.63) is 0 Å². The third-order valence-electron chi connectivity index (χ3n) is 4.22. The number of sulfonamides is 1. The van der Waals surface area contributed by atoms with Gasteiger partial charge in [0, 0.05) is 32.6 Å². The topological polar surface area (TPSA) is 108 Å². The molecule has 8 nitrogen and oxygen atoms in total. The van der Waals surface area contributed by atoms with Crippen molar-refractivity contribution < 1.29 is 23.1 Å². The average molecular weight is 335 g/mol. The van der Waals surface area contributed by atoms with Crippen LogP contribution in [-0.4, -0.2) is 81.1 Å². The van der Waals surface area contributed by atoms with Crippen molar-refractivity contribution in [2.75, 3.05) is 32.5 Å². The van der Waals surface area contributed by atoms with Crippen LogP contribution in [0.2, 0.25) is 0 Å². The number of ether oxygens (including phenoxy) is 1. The molecule has 0 unspecified atom stereocenters. The van der Waals surface area contributed by atoms with Crippen molar-refractivity contribution in [3.8, 4) is 0 Å². The van der Waals surface area contributed by atoms with Crippen LogP contribution >= 0.6 is 0 Å². The zero-order valence-corrected chi connectivity index (χ0v) is 13.8. The maximum atomic E-state index is 11.3. The first-order chi connectivity index (χ1) is 10.3. The lowest BCUT2D eigenvalue weighted by Crippen LogP contribution is -2.51. The monoisotopic (exact) mass is 335 g/mol. The minimum atomic E-state index is -3.29. The Morgan fingerprint density at radius 2 is 2.00 bits per heavy atom. The highest BCUT2D eigenvalue weighted by atomic mass is 32.2. The van der Waals surface area contributed by atoms with E-state index in [1.54, 1.807) is 6.92 Å². The number of piperidine rings is 1. The highest BCUT2D eigenvalue weighted by Crippen LogP contribution is 2.18. The second-order valence-electron chi connectivity index (χ2n) is 6.04. The SMILES string of the molecule is CC(=O)N1CCC(N[C@@H]2CO[C@H](CNS(C)(=O)=O)[C@H]2O)CC1. The van der Waals surface area contributed by atoms with Crippen LogP contribution in [0.1, 0.15) is 19.8 Å². The minimum absolute atomic E-state index is 0.0704. The van der Waals surface area contributed by atoms with Crippen molar-refractivity contribution in [3.63, 3.8) is 0 Å². The molecule has 9 heteroatoms. The number of aliphatic hydroxyl groups excluding tert-OH is 1. The fourth-order valence-electron chi connectivity index (χ4n) is 2.91. The van der Waals surface area contributed by atoms with Gasteiger partial charge in [0.15, 0.2) is 0 Å². The molecule has 0 bridgehead atoms. The van der Waals surface area contributed by atoms with Gasteiger partial charge in [0.25, 0.3) is 0 Å². The Hall–Kier alpha value is -0.740. The largest absolute Gasteiger partial charge is 0.389 e. The number of rotatable bonds is 5. The summed E-state index contributed by atoms with van der Waals surface area (Å²) in [6.07, 6.45) is 1.47. The minimum Gasteiger partial charge on any atom is -0.389 e. The van der Waals surface area contributed by atoms with Gasteiger partial charge in [-0.15, -0.1) is 0 Å². The zero-order valence-electron chi connectivity index (χ0n) is 13.0. The molecule has 128 valence electrons. The predicted octanol–water partition coefficient (Wildman–Crippen LogP) is -1.74. The number of hydrogen-bond acceptors (Lipinski definition) is 6. The van der Waals surface area contributed by atoms with Gasteiger partial charge in [-0.3, -0.25) is 4.79 Å². The molecule has 0 spiro atoms. The Balaban J connectivity index is 1.77. The smallest absolute Gasteiger partial charge is 0.219 e. The van der Waals surface area contributed by atoms with Crippen LogP contribution in [0.3, 0.4) is 0 Å². The van der Waals surface area contributed by atoms with Crippen LogP contribution in [0.15, 0.2) is 0 Å². The number of likely N-dealkylation sites (tertiary alicyclic amines) is 1. The molecular formula is C13H25N3O5S. The number of amides is 1. The number of carbonyl (C=O) groups is 1. The van der Waals surface area contributed by atoms with Gasteiger partial charge in [0.1, 0.15) is 0 Å². The summed E-state index contributed by atoms with van der Waals surface area (Å²) in [5, 5.41) is 13.6. The van der Waals surface area contributed by atoms with Gasteiger partial charge in [0.2, 0.25) is 15.9 Å². The summed E-state index contributed by atoms with van der Waals surface area (Å²) in [5.41, 5.74) is 0. The van der Waals surface area contributed by atoms with Crippen molar-refractivity contribution in [1.82, 2.24) is 14.9 Å². The quantitative estimate of drug-likeness (QED) is 0.551. The zero-order chi connectivity index (χ0) is 16.3. The highest BCUT2D eigenvalue weighted by molar-refractivity contribution is 7.88. The summed E-state index contributed by atoms with van der Waals surface area (Å²) in [5.74, 6) is 0.0922. The number of nitrogens with one attached hydrogen (secondary N) is 2. The third-order valence-corrected chi connectivity index (χ3v) is 4.91. The summed E-state index contributed by atoms with van der Waals surface area (Å²) in [6.45, 7) is 3.43. The maximum Gasteiger partial charge on any atom is 0.219 e. The lowest BCUT2D eigenvalue weighted by molar-refractivity contribution is -0.129. The lowest BCUT2D eigenvalue weighted by Gasteiger charge is -2.33. The summed E-state index contributed by atoms with van der Waals surface area (Å²) in [7, 11) is -3.29. The van der Waals surface area contributed by atoms with Crippen LogP contribution < -0.4 is 10.0 Å². The Morgan fingerprint density at radius 3 is 2.55 bits per heavy atom. The van der Waals surface area contributed by atoms with Crippen LogP contribution in [0, 0.1) is 0 Å². The van der Waals surface area contributed by atoms with Gasteiger partial charge in [-0.2, -0.15) is 0 Å². The predicted molar refractivity (Wildman–Crippen MR) is 80.8 cm³/mol. The van der Waals surface area contributed by atoms with Crippen LogP contribution in [0.4, 0.5) is 0 Å². The molecule has 3 N–H and O–H groups in total. The first-order valence-corrected chi connectivity index (χ1v) is 9.41. The molecule has 0 saturated carbocycles. The lowest BCUT2D eigenvalue weighted by atomic mass is 10.0. The Bertz CT molecular complexity index is 490. The molecule has 0 aromatic heterocycles. The maximum absolute atomic E-state index is 11.3. The molecular weight excluding hydrogens is 310 g/mol. The molecule has 0 radical (unpaired) electrons. The summed E-state index contributed by atoms with van der Waals surface area (Å²) < 4.78 is 30.0. The number of nitrogens with zero attached hydrogens (tertiary/aromatic N) is 1. The summed E-state index contributed by atoms with van der Waals surface area (Å²) >= 11 is 0. The van der Waals surface area contributed by atoms with Gasteiger partial charge in [-0.1, -0.05) is 0 Å². The van der Waals surface area contributed by atoms with E-state index in [-0.39, 0.29) is 24.5 Å². The molecule has 1 amide bonds. The van der Waals surface area contributed by atoms with E-state index in [0.717, 1.165) is 32.2 Å². The normalized spacial score (nSPS) is 30.7. The highest BCUT2D eigenvalue weighted by Gasteiger charge is 2.37. The first-order valence-electron chi connectivity index (χ1n) is 7.52. The van der Waals surface area contributed by atoms with Gasteiger partial charge in [-0.25, -0.2) is 13.1 Å². The second-order valence-corrected chi connectivity index (χ2v) is 7.87. The van der Waals surface area contributed by atoms with E-state index in [2.05, 4.69) is 10.0 Å². The molecule has 3 atom stereocenters. The van der Waals surface area contributed by atoms with E-state index < -0.39 is 22.2 Å². The Morgan fingerprint density at radius 1 is 1.36 bits per heavy atom. The van der Waals surface area contributed by atoms with Crippen molar-refractivity contribution >= 4 is 15.9 Å². The Kier molecular flexibility index (Phi) is 5.78. The van der Waals surface area contributed by atoms with E-state index in [1.807, 2.05) is 4.90 Å². The molecule has 22 heavy (non-hydrogen) atoms. The standard InChI is InChI=1S/C13H25N3O5S/c1-9(17)16-5-3-10(4-6-16)15-11-8-21-12(13(11)18)7-14-22(2,19)20/h10-15,18H,3-8H2,1-2H3/t11-,12-,13+/m1/s1. The van der Waals surface area contributed by atoms with Crippen LogP contribution in [-0.2, 0) is 19.6 Å². The van der Waals surface area contributed by atoms with E-state index >= 15 is 0 Å². The molecule has 2 rings (SSSR count). The van der Waals surface area contributed by atoms with E-state index in [9.17, 15) is 18.3 Å². The van der Waals surface area contributed by atoms with Gasteiger partial charge in [0.05, 0.1) is 31.1 Å². The van der Waals surface area contributed by atoms with E-state index in [0.29, 0.717) is 6.61 Å². The summed E-state index contributed by atoms with van der Waals surface area (Å²) in [6, 6.07) is 0.0284. The van der Waals surface area contributed by atoms with Crippen LogP contribution in [0.25, 0.3) is 0 Å². The Labute approximate surface area is 131 Å². The van der Waals surface area contributed by atoms with Crippen molar-refractivity contribution in [1.29, 1.82) is 0 Å². The van der Waals surface area contributed by atoms with Crippen LogP contribution in [0.5, 0.6) is 0 Å². The fourth-order valence-corrected chi connectivity index (χ4v) is 3.37. The average Bonchev–Trinajstić information content (AvgIpc) is 2.77. The molecule has 2 saturated heterocycles. The number of aliphatic hydroxyl groups is 1. The molecule has 0 aliphatic carbocycles. The number of hydrogen-bond donors (Lipinski definition) is 3. The van der Waals surface area contributed by atoms with Gasteiger partial charge < -0.3 is 20.1 Å². The molecule has 2 aliphatic rings. The van der Waals surface area contributed by atoms with E-state index in [1.165, 1.54) is 0 Å². The summed E-state index contributed by atoms with van der Waals surface area (Å²) in [4.78, 5) is 13.1. The van der Waals surface area contributed by atoms with E-state index in [4.69, 9.17) is 4.74 Å². The number of carbonyl (C=O) groups excluding carboxylic acids is 1. The molecule has 0 aromatic carbocycles. The van der Waals surface area contributed by atoms with Crippen molar-refractivity contribution in [2.24, 2.45) is 0 Å². The van der Waals surface area contributed by atoms with Gasteiger partial charge in [-0.05, 0) is 12.8 Å². The molecule has 0 aromatic rings. The second kappa shape index (κ2) is 7.22.